The Kier molecular flexibility index (Phi) is 1.48. The largest absolute Gasteiger partial charge is 0.506 e. The zero-order chi connectivity index (χ0) is 9.42. The van der Waals surface area contributed by atoms with Crippen LogP contribution in [0.4, 0.5) is 5.69 Å². The van der Waals surface area contributed by atoms with Crippen molar-refractivity contribution in [1.29, 1.82) is 0 Å². The molecule has 4 heteroatoms. The van der Waals surface area contributed by atoms with Crippen LogP contribution >= 0.6 is 0 Å². The lowest BCUT2D eigenvalue weighted by Crippen LogP contribution is -2.16. The third-order valence-electron chi connectivity index (χ3n) is 1.90. The van der Waals surface area contributed by atoms with Gasteiger partial charge >= 0.3 is 0 Å². The summed E-state index contributed by atoms with van der Waals surface area (Å²) in [4.78, 5) is 11.4. The molecule has 13 heavy (non-hydrogen) atoms. The summed E-state index contributed by atoms with van der Waals surface area (Å²) < 4.78 is 1.31. The van der Waals surface area contributed by atoms with Crippen molar-refractivity contribution < 1.29 is 5.11 Å². The van der Waals surface area contributed by atoms with Gasteiger partial charge in [-0.15, -0.1) is 0 Å². The summed E-state index contributed by atoms with van der Waals surface area (Å²) in [5.41, 5.74) is 5.74. The van der Waals surface area contributed by atoms with Crippen molar-refractivity contribution in [3.63, 3.8) is 0 Å². The Labute approximate surface area is 73.9 Å². The smallest absolute Gasteiger partial charge is 0.278 e. The summed E-state index contributed by atoms with van der Waals surface area (Å²) in [6, 6.07) is 6.19. The van der Waals surface area contributed by atoms with E-state index in [-0.39, 0.29) is 17.0 Å². The average molecular weight is 176 g/mol. The summed E-state index contributed by atoms with van der Waals surface area (Å²) in [6.45, 7) is 0. The van der Waals surface area contributed by atoms with Crippen LogP contribution in [0.1, 0.15) is 0 Å². The number of anilines is 1. The maximum atomic E-state index is 11.4. The molecule has 2 aromatic rings. The second-order valence-corrected chi connectivity index (χ2v) is 2.74. The predicted molar refractivity (Wildman–Crippen MR) is 49.7 cm³/mol. The van der Waals surface area contributed by atoms with Crippen molar-refractivity contribution in [3.8, 4) is 5.75 Å². The fraction of sp³-hybridized carbons (Fsp3) is 0. The predicted octanol–water partition coefficient (Wildman–Crippen LogP) is 0.587. The fourth-order valence-corrected chi connectivity index (χ4v) is 1.23. The highest BCUT2D eigenvalue weighted by Gasteiger charge is 2.01. The zero-order valence-electron chi connectivity index (χ0n) is 6.77. The van der Waals surface area contributed by atoms with Crippen LogP contribution in [0.25, 0.3) is 5.52 Å². The first-order chi connectivity index (χ1) is 6.20. The molecule has 0 aliphatic heterocycles. The third-order valence-corrected chi connectivity index (χ3v) is 1.90. The van der Waals surface area contributed by atoms with Gasteiger partial charge in [0.2, 0.25) is 0 Å². The lowest BCUT2D eigenvalue weighted by Gasteiger charge is -2.02. The molecular formula is C9H8N2O2. The molecule has 2 rings (SSSR count). The first-order valence-electron chi connectivity index (χ1n) is 3.79. The molecule has 0 spiro atoms. The van der Waals surface area contributed by atoms with Gasteiger partial charge in [-0.2, -0.15) is 0 Å². The summed E-state index contributed by atoms with van der Waals surface area (Å²) >= 11 is 0. The lowest BCUT2D eigenvalue weighted by atomic mass is 10.3. The number of hydrogen-bond donors (Lipinski definition) is 2. The quantitative estimate of drug-likeness (QED) is 0.617. The van der Waals surface area contributed by atoms with Crippen molar-refractivity contribution in [2.75, 3.05) is 5.73 Å². The number of nitrogen functional groups attached to an aromatic ring is 1. The van der Waals surface area contributed by atoms with E-state index in [1.54, 1.807) is 18.3 Å². The summed E-state index contributed by atoms with van der Waals surface area (Å²) in [5.74, 6) is 0.0691. The van der Waals surface area contributed by atoms with Gasteiger partial charge in [0.1, 0.15) is 5.75 Å². The first-order valence-corrected chi connectivity index (χ1v) is 3.79. The van der Waals surface area contributed by atoms with E-state index in [1.807, 2.05) is 0 Å². The molecule has 0 aliphatic carbocycles. The number of nitrogens with zero attached hydrogens (tertiary/aromatic N) is 1. The molecular weight excluding hydrogens is 168 g/mol. The summed E-state index contributed by atoms with van der Waals surface area (Å²) in [5, 5.41) is 9.39. The van der Waals surface area contributed by atoms with Gasteiger partial charge in [0.15, 0.2) is 0 Å². The molecule has 4 nitrogen and oxygen atoms in total. The molecule has 0 unspecified atom stereocenters. The van der Waals surface area contributed by atoms with Gasteiger partial charge in [-0.1, -0.05) is 0 Å². The van der Waals surface area contributed by atoms with Crippen LogP contribution in [0.15, 0.2) is 35.3 Å². The third kappa shape index (κ3) is 1.03. The maximum absolute atomic E-state index is 11.4. The molecule has 2 aromatic heterocycles. The summed E-state index contributed by atoms with van der Waals surface area (Å²) in [7, 11) is 0. The lowest BCUT2D eigenvalue weighted by molar-refractivity contribution is 0.478. The Bertz CT molecular complexity index is 516. The molecule has 0 bridgehead atoms. The van der Waals surface area contributed by atoms with Crippen LogP contribution < -0.4 is 11.3 Å². The van der Waals surface area contributed by atoms with Gasteiger partial charge in [0.25, 0.3) is 5.56 Å². The standard InChI is InChI=1S/C9H8N2O2/c10-6-3-4-7-8(12)2-1-5-11(7)9(6)13/h1-5,12H,10H2. The van der Waals surface area contributed by atoms with E-state index in [2.05, 4.69) is 0 Å². The van der Waals surface area contributed by atoms with Gasteiger partial charge in [-0.3, -0.25) is 9.20 Å². The van der Waals surface area contributed by atoms with Crippen molar-refractivity contribution in [3.05, 3.63) is 40.8 Å². The number of aromatic nitrogens is 1. The van der Waals surface area contributed by atoms with Crippen LogP contribution in [0.2, 0.25) is 0 Å². The fourth-order valence-electron chi connectivity index (χ4n) is 1.23. The number of fused-ring (bicyclic) bond motifs is 1. The minimum absolute atomic E-state index is 0.0691. The van der Waals surface area contributed by atoms with E-state index < -0.39 is 0 Å². The second-order valence-electron chi connectivity index (χ2n) is 2.74. The van der Waals surface area contributed by atoms with Gasteiger partial charge in [0, 0.05) is 6.20 Å². The van der Waals surface area contributed by atoms with Crippen LogP contribution in [-0.4, -0.2) is 9.51 Å². The average Bonchev–Trinajstić information content (AvgIpc) is 2.12. The highest BCUT2D eigenvalue weighted by Crippen LogP contribution is 2.15. The molecule has 0 aromatic carbocycles. The van der Waals surface area contributed by atoms with Gasteiger partial charge in [-0.25, -0.2) is 0 Å². The van der Waals surface area contributed by atoms with E-state index >= 15 is 0 Å². The Morgan fingerprint density at radius 2 is 2.08 bits per heavy atom. The maximum Gasteiger partial charge on any atom is 0.278 e. The zero-order valence-corrected chi connectivity index (χ0v) is 6.77. The Morgan fingerprint density at radius 1 is 1.31 bits per heavy atom. The highest BCUT2D eigenvalue weighted by molar-refractivity contribution is 5.61. The van der Waals surface area contributed by atoms with Crippen molar-refractivity contribution in [1.82, 2.24) is 4.40 Å². The Balaban J connectivity index is 3.03. The SMILES string of the molecule is Nc1ccc2c(O)cccn2c1=O. The van der Waals surface area contributed by atoms with Gasteiger partial charge in [0.05, 0.1) is 11.2 Å². The summed E-state index contributed by atoms with van der Waals surface area (Å²) in [6.07, 6.45) is 1.56. The molecule has 0 saturated heterocycles. The van der Waals surface area contributed by atoms with E-state index in [9.17, 15) is 9.90 Å². The highest BCUT2D eigenvalue weighted by atomic mass is 16.3. The minimum atomic E-state index is -0.312. The molecule has 0 amide bonds. The number of nitrogens with two attached hydrogens (primary N) is 1. The van der Waals surface area contributed by atoms with Crippen LogP contribution in [0.3, 0.4) is 0 Å². The van der Waals surface area contributed by atoms with Crippen molar-refractivity contribution in [2.45, 2.75) is 0 Å². The molecule has 0 aliphatic rings. The molecule has 0 fully saturated rings. The number of hydrogen-bond acceptors (Lipinski definition) is 3. The molecule has 3 N–H and O–H groups in total. The molecule has 0 saturated carbocycles. The normalized spacial score (nSPS) is 10.5. The van der Waals surface area contributed by atoms with Crippen LogP contribution in [0.5, 0.6) is 5.75 Å². The van der Waals surface area contributed by atoms with Gasteiger partial charge < -0.3 is 10.8 Å². The second kappa shape index (κ2) is 2.52. The first kappa shape index (κ1) is 7.67. The van der Waals surface area contributed by atoms with E-state index in [4.69, 9.17) is 5.73 Å². The molecule has 2 heterocycles. The topological polar surface area (TPSA) is 67.7 Å². The Morgan fingerprint density at radius 3 is 2.85 bits per heavy atom. The van der Waals surface area contributed by atoms with Crippen LogP contribution in [0, 0.1) is 0 Å². The monoisotopic (exact) mass is 176 g/mol. The molecule has 66 valence electrons. The molecule has 0 radical (unpaired) electrons. The van der Waals surface area contributed by atoms with Crippen molar-refractivity contribution >= 4 is 11.2 Å². The number of aromatic hydroxyl groups is 1. The van der Waals surface area contributed by atoms with E-state index in [0.717, 1.165) is 0 Å². The Hall–Kier alpha value is -1.97. The van der Waals surface area contributed by atoms with Crippen molar-refractivity contribution in [2.24, 2.45) is 0 Å². The number of pyridine rings is 2. The minimum Gasteiger partial charge on any atom is -0.506 e. The van der Waals surface area contributed by atoms with Gasteiger partial charge in [-0.05, 0) is 24.3 Å². The number of rotatable bonds is 0. The van der Waals surface area contributed by atoms with E-state index in [0.29, 0.717) is 5.52 Å². The molecule has 0 atom stereocenters. The van der Waals surface area contributed by atoms with Crippen LogP contribution in [-0.2, 0) is 0 Å². The van der Waals surface area contributed by atoms with E-state index in [1.165, 1.54) is 16.5 Å².